The summed E-state index contributed by atoms with van der Waals surface area (Å²) in [7, 11) is 1.72. The second kappa shape index (κ2) is 11.0. The van der Waals surface area contributed by atoms with E-state index in [1.165, 1.54) is 18.9 Å². The van der Waals surface area contributed by atoms with Crippen molar-refractivity contribution in [1.29, 1.82) is 0 Å². The minimum atomic E-state index is -0.327. The smallest absolute Gasteiger partial charge is 0.191 e. The van der Waals surface area contributed by atoms with Crippen molar-refractivity contribution in [1.82, 2.24) is 15.8 Å². The van der Waals surface area contributed by atoms with Gasteiger partial charge in [0.2, 0.25) is 0 Å². The van der Waals surface area contributed by atoms with Crippen LogP contribution in [-0.4, -0.2) is 31.3 Å². The first-order chi connectivity index (χ1) is 13.9. The number of nitrogens with zero attached hydrogens (tertiary/aromatic N) is 2. The van der Waals surface area contributed by atoms with E-state index in [0.717, 1.165) is 22.6 Å². The molecule has 2 unspecified atom stereocenters. The van der Waals surface area contributed by atoms with Crippen LogP contribution in [0.4, 0.5) is 4.39 Å². The minimum absolute atomic E-state index is 0. The first-order valence-electron chi connectivity index (χ1n) is 10.2. The lowest BCUT2D eigenvalue weighted by atomic mass is 10.00. The lowest BCUT2D eigenvalue weighted by molar-refractivity contribution is 0.285. The van der Waals surface area contributed by atoms with Crippen LogP contribution >= 0.6 is 24.0 Å². The minimum Gasteiger partial charge on any atom is -0.490 e. The highest BCUT2D eigenvalue weighted by molar-refractivity contribution is 14.0. The fourth-order valence-corrected chi connectivity index (χ4v) is 3.42. The van der Waals surface area contributed by atoms with E-state index < -0.39 is 0 Å². The van der Waals surface area contributed by atoms with Gasteiger partial charge in [0.05, 0.1) is 18.3 Å². The fraction of sp³-hybridized carbons (Fsp3) is 0.545. The molecule has 0 saturated heterocycles. The van der Waals surface area contributed by atoms with Gasteiger partial charge in [0.15, 0.2) is 17.5 Å². The summed E-state index contributed by atoms with van der Waals surface area (Å²) < 4.78 is 25.2. The number of hydrogen-bond acceptors (Lipinski definition) is 4. The maximum atomic E-state index is 14.4. The van der Waals surface area contributed by atoms with Gasteiger partial charge in [-0.15, -0.1) is 24.0 Å². The molecule has 1 fully saturated rings. The van der Waals surface area contributed by atoms with Gasteiger partial charge >= 0.3 is 0 Å². The number of guanidine groups is 1. The van der Waals surface area contributed by atoms with Crippen LogP contribution in [0, 0.1) is 25.6 Å². The van der Waals surface area contributed by atoms with Crippen LogP contribution in [0.5, 0.6) is 5.75 Å². The van der Waals surface area contributed by atoms with Gasteiger partial charge < -0.3 is 19.9 Å². The van der Waals surface area contributed by atoms with Crippen molar-refractivity contribution >= 4 is 29.9 Å². The Bertz CT molecular complexity index is 847. The normalized spacial score (nSPS) is 15.9. The molecular formula is C22H32FIN4O2. The Balaban J connectivity index is 0.00000320. The van der Waals surface area contributed by atoms with Crippen molar-refractivity contribution in [3.8, 4) is 5.75 Å². The highest BCUT2D eigenvalue weighted by atomic mass is 127. The second-order valence-corrected chi connectivity index (χ2v) is 7.90. The molecule has 2 aromatic rings. The molecule has 1 aromatic carbocycles. The average Bonchev–Trinajstić information content (AvgIpc) is 3.47. The van der Waals surface area contributed by atoms with E-state index in [-0.39, 0.29) is 41.8 Å². The Morgan fingerprint density at radius 3 is 2.63 bits per heavy atom. The molecule has 0 spiro atoms. The number of aliphatic imine (C=N–C) groups is 1. The second-order valence-electron chi connectivity index (χ2n) is 7.90. The summed E-state index contributed by atoms with van der Waals surface area (Å²) >= 11 is 0. The molecule has 166 valence electrons. The number of aryl methyl sites for hydroxylation is 2. The lowest BCUT2D eigenvalue weighted by Gasteiger charge is -2.20. The Morgan fingerprint density at radius 2 is 2.07 bits per heavy atom. The first kappa shape index (κ1) is 24.4. The molecule has 0 amide bonds. The zero-order valence-electron chi connectivity index (χ0n) is 18.3. The topological polar surface area (TPSA) is 71.7 Å². The van der Waals surface area contributed by atoms with E-state index in [2.05, 4.69) is 27.7 Å². The van der Waals surface area contributed by atoms with Gasteiger partial charge in [0, 0.05) is 25.1 Å². The SMILES string of the molecule is CN=C(NCC(C)c1c(C)noc1C)NC(C)c1ccc(OCC2CC2)c(F)c1.I. The Hall–Kier alpha value is -1.84. The number of ether oxygens (including phenoxy) is 1. The largest absolute Gasteiger partial charge is 0.490 e. The number of halogens is 2. The Morgan fingerprint density at radius 1 is 1.33 bits per heavy atom. The monoisotopic (exact) mass is 530 g/mol. The molecule has 1 aliphatic carbocycles. The number of rotatable bonds is 8. The van der Waals surface area contributed by atoms with Crippen LogP contribution in [0.25, 0.3) is 0 Å². The Labute approximate surface area is 195 Å². The van der Waals surface area contributed by atoms with Gasteiger partial charge in [-0.3, -0.25) is 4.99 Å². The zero-order valence-corrected chi connectivity index (χ0v) is 20.6. The third-order valence-electron chi connectivity index (χ3n) is 5.36. The highest BCUT2D eigenvalue weighted by Gasteiger charge is 2.23. The van der Waals surface area contributed by atoms with Crippen LogP contribution in [0.2, 0.25) is 0 Å². The summed E-state index contributed by atoms with van der Waals surface area (Å²) in [5, 5.41) is 10.7. The van der Waals surface area contributed by atoms with Crippen molar-refractivity contribution in [2.75, 3.05) is 20.2 Å². The molecule has 30 heavy (non-hydrogen) atoms. The van der Waals surface area contributed by atoms with Gasteiger partial charge in [-0.1, -0.05) is 18.1 Å². The van der Waals surface area contributed by atoms with E-state index in [9.17, 15) is 4.39 Å². The predicted octanol–water partition coefficient (Wildman–Crippen LogP) is 4.87. The average molecular weight is 530 g/mol. The summed E-state index contributed by atoms with van der Waals surface area (Å²) in [6, 6.07) is 5.02. The number of aromatic nitrogens is 1. The maximum Gasteiger partial charge on any atom is 0.191 e. The summed E-state index contributed by atoms with van der Waals surface area (Å²) in [6.45, 7) is 9.25. The van der Waals surface area contributed by atoms with Crippen molar-refractivity contribution in [3.63, 3.8) is 0 Å². The Kier molecular flexibility index (Phi) is 8.93. The van der Waals surface area contributed by atoms with Crippen molar-refractivity contribution in [2.45, 2.75) is 52.5 Å². The molecular weight excluding hydrogens is 498 g/mol. The van der Waals surface area contributed by atoms with Gasteiger partial charge in [-0.05, 0) is 57.2 Å². The van der Waals surface area contributed by atoms with Gasteiger partial charge in [0.1, 0.15) is 5.76 Å². The number of nitrogens with one attached hydrogen (secondary N) is 2. The summed E-state index contributed by atoms with van der Waals surface area (Å²) in [5.41, 5.74) is 2.86. The third kappa shape index (κ3) is 6.33. The number of hydrogen-bond donors (Lipinski definition) is 2. The van der Waals surface area contributed by atoms with E-state index in [4.69, 9.17) is 9.26 Å². The molecule has 8 heteroatoms. The standard InChI is InChI=1S/C22H31FN4O2.HI/c1-13(21-15(3)27-29-16(21)4)11-25-22(24-5)26-14(2)18-8-9-20(19(23)10-18)28-12-17-6-7-17;/h8-10,13-14,17H,6-7,11-12H2,1-5H3,(H2,24,25,26);1H. The van der Waals surface area contributed by atoms with E-state index in [1.807, 2.05) is 26.8 Å². The highest BCUT2D eigenvalue weighted by Crippen LogP contribution is 2.30. The fourth-order valence-electron chi connectivity index (χ4n) is 3.42. The first-order valence-corrected chi connectivity index (χ1v) is 10.2. The van der Waals surface area contributed by atoms with Crippen LogP contribution in [0.3, 0.4) is 0 Å². The molecule has 2 N–H and O–H groups in total. The van der Waals surface area contributed by atoms with E-state index in [1.54, 1.807) is 13.1 Å². The molecule has 1 heterocycles. The molecule has 0 bridgehead atoms. The van der Waals surface area contributed by atoms with Crippen molar-refractivity contribution in [2.24, 2.45) is 10.9 Å². The summed E-state index contributed by atoms with van der Waals surface area (Å²) in [6.07, 6.45) is 2.36. The molecule has 0 radical (unpaired) electrons. The van der Waals surface area contributed by atoms with Crippen molar-refractivity contribution in [3.05, 3.63) is 46.6 Å². The molecule has 1 saturated carbocycles. The predicted molar refractivity (Wildman–Crippen MR) is 127 cm³/mol. The summed E-state index contributed by atoms with van der Waals surface area (Å²) in [5.74, 6) is 2.31. The van der Waals surface area contributed by atoms with Crippen molar-refractivity contribution < 1.29 is 13.7 Å². The van der Waals surface area contributed by atoms with Gasteiger partial charge in [-0.25, -0.2) is 4.39 Å². The quantitative estimate of drug-likeness (QED) is 0.290. The molecule has 3 rings (SSSR count). The molecule has 1 aromatic heterocycles. The molecule has 0 aliphatic heterocycles. The van der Waals surface area contributed by atoms with Crippen LogP contribution in [0.1, 0.15) is 61.2 Å². The summed E-state index contributed by atoms with van der Waals surface area (Å²) in [4.78, 5) is 4.28. The van der Waals surface area contributed by atoms with Crippen LogP contribution < -0.4 is 15.4 Å². The van der Waals surface area contributed by atoms with Crippen LogP contribution in [-0.2, 0) is 0 Å². The van der Waals surface area contributed by atoms with E-state index >= 15 is 0 Å². The third-order valence-corrected chi connectivity index (χ3v) is 5.36. The molecule has 2 atom stereocenters. The van der Waals surface area contributed by atoms with Crippen LogP contribution in [0.15, 0.2) is 27.7 Å². The van der Waals surface area contributed by atoms with Gasteiger partial charge in [-0.2, -0.15) is 0 Å². The molecule has 6 nitrogen and oxygen atoms in total. The lowest BCUT2D eigenvalue weighted by Crippen LogP contribution is -2.40. The molecule has 1 aliphatic rings. The number of benzene rings is 1. The van der Waals surface area contributed by atoms with E-state index in [0.29, 0.717) is 30.8 Å². The maximum absolute atomic E-state index is 14.4. The zero-order chi connectivity index (χ0) is 21.0. The van der Waals surface area contributed by atoms with Gasteiger partial charge in [0.25, 0.3) is 0 Å².